The molecule has 84 valence electrons. The van der Waals surface area contributed by atoms with Crippen molar-refractivity contribution in [1.29, 1.82) is 0 Å². The highest BCUT2D eigenvalue weighted by molar-refractivity contribution is 4.90. The summed E-state index contributed by atoms with van der Waals surface area (Å²) in [7, 11) is 0. The third-order valence-electron chi connectivity index (χ3n) is 3.59. The standard InChI is InChI=1S/C12H25NO/c1-10(2)12(5)6-7-13(9-12)8-11(3,4)14/h10,14H,6-9H2,1-5H3/t12-/m1/s1. The molecule has 1 aliphatic rings. The quantitative estimate of drug-likeness (QED) is 0.752. The van der Waals surface area contributed by atoms with E-state index in [1.807, 2.05) is 13.8 Å². The van der Waals surface area contributed by atoms with Gasteiger partial charge in [0.2, 0.25) is 0 Å². The van der Waals surface area contributed by atoms with Gasteiger partial charge in [-0.05, 0) is 38.1 Å². The van der Waals surface area contributed by atoms with Crippen molar-refractivity contribution in [2.45, 2.75) is 46.6 Å². The molecule has 1 fully saturated rings. The molecule has 14 heavy (non-hydrogen) atoms. The molecule has 1 rings (SSSR count). The van der Waals surface area contributed by atoms with Crippen LogP contribution >= 0.6 is 0 Å². The fourth-order valence-corrected chi connectivity index (χ4v) is 2.24. The van der Waals surface area contributed by atoms with Crippen molar-refractivity contribution in [2.24, 2.45) is 11.3 Å². The first-order chi connectivity index (χ1) is 6.23. The molecule has 0 aliphatic carbocycles. The minimum Gasteiger partial charge on any atom is -0.389 e. The molecule has 0 unspecified atom stereocenters. The molecule has 0 bridgehead atoms. The second-order valence-electron chi connectivity index (χ2n) is 6.08. The third-order valence-corrected chi connectivity index (χ3v) is 3.59. The van der Waals surface area contributed by atoms with Crippen LogP contribution in [-0.4, -0.2) is 35.2 Å². The topological polar surface area (TPSA) is 23.5 Å². The van der Waals surface area contributed by atoms with Gasteiger partial charge in [-0.25, -0.2) is 0 Å². The van der Waals surface area contributed by atoms with Crippen LogP contribution in [0.3, 0.4) is 0 Å². The smallest absolute Gasteiger partial charge is 0.0718 e. The number of nitrogens with zero attached hydrogens (tertiary/aromatic N) is 1. The van der Waals surface area contributed by atoms with Crippen molar-refractivity contribution < 1.29 is 5.11 Å². The summed E-state index contributed by atoms with van der Waals surface area (Å²) in [6.45, 7) is 13.8. The van der Waals surface area contributed by atoms with E-state index in [0.29, 0.717) is 5.41 Å². The van der Waals surface area contributed by atoms with Crippen LogP contribution in [0.4, 0.5) is 0 Å². The van der Waals surface area contributed by atoms with Crippen LogP contribution in [0.15, 0.2) is 0 Å². The highest BCUT2D eigenvalue weighted by Crippen LogP contribution is 2.37. The van der Waals surface area contributed by atoms with Crippen molar-refractivity contribution in [2.75, 3.05) is 19.6 Å². The summed E-state index contributed by atoms with van der Waals surface area (Å²) in [5.74, 6) is 0.731. The summed E-state index contributed by atoms with van der Waals surface area (Å²) in [5.41, 5.74) is -0.104. The Morgan fingerprint density at radius 1 is 1.43 bits per heavy atom. The Morgan fingerprint density at radius 3 is 2.36 bits per heavy atom. The lowest BCUT2D eigenvalue weighted by Crippen LogP contribution is -2.39. The van der Waals surface area contributed by atoms with Gasteiger partial charge in [0, 0.05) is 13.1 Å². The molecule has 0 aromatic heterocycles. The first-order valence-electron chi connectivity index (χ1n) is 5.68. The van der Waals surface area contributed by atoms with E-state index in [-0.39, 0.29) is 0 Å². The van der Waals surface area contributed by atoms with Crippen LogP contribution in [-0.2, 0) is 0 Å². The summed E-state index contributed by atoms with van der Waals surface area (Å²) in [5, 5.41) is 9.75. The Labute approximate surface area is 88.3 Å². The molecular weight excluding hydrogens is 174 g/mol. The predicted molar refractivity (Wildman–Crippen MR) is 60.3 cm³/mol. The van der Waals surface area contributed by atoms with Gasteiger partial charge < -0.3 is 5.11 Å². The maximum Gasteiger partial charge on any atom is 0.0718 e. The van der Waals surface area contributed by atoms with Crippen LogP contribution in [0.1, 0.15) is 41.0 Å². The van der Waals surface area contributed by atoms with Crippen molar-refractivity contribution in [3.63, 3.8) is 0 Å². The van der Waals surface area contributed by atoms with Gasteiger partial charge in [-0.15, -0.1) is 0 Å². The molecule has 0 saturated carbocycles. The molecule has 1 N–H and O–H groups in total. The predicted octanol–water partition coefficient (Wildman–Crippen LogP) is 2.13. The van der Waals surface area contributed by atoms with Crippen LogP contribution < -0.4 is 0 Å². The Kier molecular flexibility index (Phi) is 3.27. The lowest BCUT2D eigenvalue weighted by molar-refractivity contribution is 0.0389. The van der Waals surface area contributed by atoms with Gasteiger partial charge in [-0.1, -0.05) is 20.8 Å². The van der Waals surface area contributed by atoms with E-state index in [1.54, 1.807) is 0 Å². The van der Waals surface area contributed by atoms with Gasteiger partial charge >= 0.3 is 0 Å². The molecule has 0 spiro atoms. The third kappa shape index (κ3) is 2.96. The Morgan fingerprint density at radius 2 is 2.00 bits per heavy atom. The lowest BCUT2D eigenvalue weighted by atomic mass is 9.78. The second kappa shape index (κ2) is 3.82. The number of hydrogen-bond donors (Lipinski definition) is 1. The molecule has 2 nitrogen and oxygen atoms in total. The first kappa shape index (κ1) is 12.0. The zero-order valence-corrected chi connectivity index (χ0v) is 10.3. The van der Waals surface area contributed by atoms with Gasteiger partial charge in [0.1, 0.15) is 0 Å². The average Bonchev–Trinajstić information content (AvgIpc) is 2.29. The summed E-state index contributed by atoms with van der Waals surface area (Å²) >= 11 is 0. The Bertz CT molecular complexity index is 195. The molecule has 1 heterocycles. The lowest BCUT2D eigenvalue weighted by Gasteiger charge is -2.31. The van der Waals surface area contributed by atoms with Crippen LogP contribution in [0, 0.1) is 11.3 Å². The molecule has 1 atom stereocenters. The zero-order valence-electron chi connectivity index (χ0n) is 10.3. The molecule has 1 saturated heterocycles. The minimum absolute atomic E-state index is 0.450. The summed E-state index contributed by atoms with van der Waals surface area (Å²) in [6, 6.07) is 0. The maximum absolute atomic E-state index is 9.75. The Balaban J connectivity index is 2.49. The van der Waals surface area contributed by atoms with E-state index >= 15 is 0 Å². The van der Waals surface area contributed by atoms with Gasteiger partial charge in [0.25, 0.3) is 0 Å². The van der Waals surface area contributed by atoms with Gasteiger partial charge in [0.15, 0.2) is 0 Å². The summed E-state index contributed by atoms with van der Waals surface area (Å²) < 4.78 is 0. The van der Waals surface area contributed by atoms with Crippen molar-refractivity contribution in [3.05, 3.63) is 0 Å². The maximum atomic E-state index is 9.75. The summed E-state index contributed by atoms with van der Waals surface area (Å²) in [6.07, 6.45) is 1.26. The average molecular weight is 199 g/mol. The van der Waals surface area contributed by atoms with Crippen molar-refractivity contribution in [3.8, 4) is 0 Å². The number of aliphatic hydroxyl groups is 1. The SMILES string of the molecule is CC(C)[C@]1(C)CCN(CC(C)(C)O)C1. The van der Waals surface area contributed by atoms with Crippen LogP contribution in [0.25, 0.3) is 0 Å². The van der Waals surface area contributed by atoms with E-state index in [9.17, 15) is 5.11 Å². The molecule has 1 aliphatic heterocycles. The molecule has 0 radical (unpaired) electrons. The van der Waals surface area contributed by atoms with Gasteiger partial charge in [-0.2, -0.15) is 0 Å². The largest absolute Gasteiger partial charge is 0.389 e. The van der Waals surface area contributed by atoms with E-state index in [0.717, 1.165) is 25.6 Å². The van der Waals surface area contributed by atoms with Crippen molar-refractivity contribution in [1.82, 2.24) is 4.90 Å². The molecule has 0 aromatic rings. The second-order valence-corrected chi connectivity index (χ2v) is 6.08. The Hall–Kier alpha value is -0.0800. The van der Waals surface area contributed by atoms with Crippen LogP contribution in [0.5, 0.6) is 0 Å². The van der Waals surface area contributed by atoms with Crippen molar-refractivity contribution >= 4 is 0 Å². The van der Waals surface area contributed by atoms with Gasteiger partial charge in [-0.3, -0.25) is 4.90 Å². The number of hydrogen-bond acceptors (Lipinski definition) is 2. The highest BCUT2D eigenvalue weighted by atomic mass is 16.3. The molecular formula is C12H25NO. The molecule has 0 amide bonds. The fraction of sp³-hybridized carbons (Fsp3) is 1.00. The van der Waals surface area contributed by atoms with E-state index in [2.05, 4.69) is 25.7 Å². The zero-order chi connectivity index (χ0) is 11.0. The molecule has 2 heteroatoms. The van der Waals surface area contributed by atoms with E-state index in [4.69, 9.17) is 0 Å². The van der Waals surface area contributed by atoms with Crippen LogP contribution in [0.2, 0.25) is 0 Å². The number of likely N-dealkylation sites (tertiary alicyclic amines) is 1. The normalized spacial score (nSPS) is 30.2. The number of β-amino-alcohol motifs (C(OH)–C–C–N with tert-alkyl or cyclic N) is 1. The fourth-order valence-electron chi connectivity index (χ4n) is 2.24. The number of rotatable bonds is 3. The molecule has 0 aromatic carbocycles. The van der Waals surface area contributed by atoms with Gasteiger partial charge in [0.05, 0.1) is 5.60 Å². The minimum atomic E-state index is -0.553. The summed E-state index contributed by atoms with van der Waals surface area (Å²) in [4.78, 5) is 2.39. The first-order valence-corrected chi connectivity index (χ1v) is 5.68. The van der Waals surface area contributed by atoms with E-state index < -0.39 is 5.60 Å². The monoisotopic (exact) mass is 199 g/mol. The van der Waals surface area contributed by atoms with E-state index in [1.165, 1.54) is 6.42 Å². The highest BCUT2D eigenvalue weighted by Gasteiger charge is 2.37.